The first kappa shape index (κ1) is 10.4. The van der Waals surface area contributed by atoms with Gasteiger partial charge in [0.25, 0.3) is 0 Å². The molecule has 1 aromatic rings. The fourth-order valence-electron chi connectivity index (χ4n) is 2.38. The van der Waals surface area contributed by atoms with E-state index in [-0.39, 0.29) is 12.0 Å². The van der Waals surface area contributed by atoms with Crippen LogP contribution in [0.5, 0.6) is 0 Å². The minimum Gasteiger partial charge on any atom is -0.392 e. The molecule has 1 aliphatic rings. The van der Waals surface area contributed by atoms with Gasteiger partial charge in [-0.25, -0.2) is 0 Å². The van der Waals surface area contributed by atoms with Gasteiger partial charge in [-0.15, -0.1) is 0 Å². The normalized spacial score (nSPS) is 26.2. The van der Waals surface area contributed by atoms with Crippen LogP contribution < -0.4 is 0 Å². The van der Waals surface area contributed by atoms with Crippen LogP contribution in [0.25, 0.3) is 5.57 Å². The molecule has 1 fully saturated rings. The molecule has 0 amide bonds. The van der Waals surface area contributed by atoms with Crippen molar-refractivity contribution in [1.29, 1.82) is 0 Å². The Morgan fingerprint density at radius 2 is 1.80 bits per heavy atom. The van der Waals surface area contributed by atoms with Crippen molar-refractivity contribution >= 4 is 5.57 Å². The molecule has 1 aromatic carbocycles. The van der Waals surface area contributed by atoms with Crippen LogP contribution in [0.15, 0.2) is 36.9 Å². The Morgan fingerprint density at radius 1 is 1.13 bits per heavy atom. The highest BCUT2D eigenvalue weighted by atomic mass is 16.3. The van der Waals surface area contributed by atoms with Gasteiger partial charge in [-0.05, 0) is 24.0 Å². The van der Waals surface area contributed by atoms with Gasteiger partial charge in [0.15, 0.2) is 0 Å². The van der Waals surface area contributed by atoms with E-state index >= 15 is 0 Å². The third kappa shape index (κ3) is 2.29. The number of rotatable bonds is 2. The largest absolute Gasteiger partial charge is 0.392 e. The summed E-state index contributed by atoms with van der Waals surface area (Å²) < 4.78 is 0. The number of aliphatic hydroxyl groups is 1. The molecule has 0 saturated heterocycles. The van der Waals surface area contributed by atoms with E-state index < -0.39 is 0 Å². The fourth-order valence-corrected chi connectivity index (χ4v) is 2.38. The van der Waals surface area contributed by atoms with Crippen LogP contribution in [0.3, 0.4) is 0 Å². The Balaban J connectivity index is 2.13. The van der Waals surface area contributed by atoms with Crippen molar-refractivity contribution in [2.75, 3.05) is 0 Å². The summed E-state index contributed by atoms with van der Waals surface area (Å²) in [5.74, 6) is 0.265. The maximum absolute atomic E-state index is 9.94. The molecule has 0 aliphatic heterocycles. The molecular formula is C14H18O. The van der Waals surface area contributed by atoms with E-state index in [0.717, 1.165) is 24.8 Å². The van der Waals surface area contributed by atoms with Crippen LogP contribution in [-0.4, -0.2) is 11.2 Å². The summed E-state index contributed by atoms with van der Waals surface area (Å²) in [6, 6.07) is 10.2. The SMILES string of the molecule is C=C(c1ccccc1)[C@@H]1CCCC[C@@H]1O. The molecular weight excluding hydrogens is 184 g/mol. The molecule has 1 heteroatoms. The average molecular weight is 202 g/mol. The third-order valence-electron chi connectivity index (χ3n) is 3.32. The van der Waals surface area contributed by atoms with Crippen LogP contribution in [0, 0.1) is 5.92 Å². The van der Waals surface area contributed by atoms with Gasteiger partial charge in [0.05, 0.1) is 6.10 Å². The molecule has 0 aromatic heterocycles. The Kier molecular flexibility index (Phi) is 3.22. The highest BCUT2D eigenvalue weighted by Crippen LogP contribution is 2.34. The first-order valence-electron chi connectivity index (χ1n) is 5.71. The molecule has 15 heavy (non-hydrogen) atoms. The van der Waals surface area contributed by atoms with E-state index in [9.17, 15) is 5.11 Å². The molecule has 1 aliphatic carbocycles. The molecule has 0 heterocycles. The minimum atomic E-state index is -0.188. The molecule has 0 unspecified atom stereocenters. The maximum atomic E-state index is 9.94. The average Bonchev–Trinajstić information content (AvgIpc) is 2.30. The van der Waals surface area contributed by atoms with Gasteiger partial charge in [-0.1, -0.05) is 49.8 Å². The highest BCUT2D eigenvalue weighted by molar-refractivity contribution is 5.65. The zero-order chi connectivity index (χ0) is 10.7. The second-order valence-electron chi connectivity index (χ2n) is 4.35. The first-order chi connectivity index (χ1) is 7.29. The lowest BCUT2D eigenvalue weighted by atomic mass is 9.79. The second kappa shape index (κ2) is 4.63. The summed E-state index contributed by atoms with van der Waals surface area (Å²) in [6.45, 7) is 4.14. The molecule has 0 bridgehead atoms. The summed E-state index contributed by atoms with van der Waals surface area (Å²) in [5, 5.41) is 9.94. The van der Waals surface area contributed by atoms with Crippen LogP contribution in [-0.2, 0) is 0 Å². The van der Waals surface area contributed by atoms with E-state index in [0.29, 0.717) is 0 Å². The molecule has 1 N–H and O–H groups in total. The van der Waals surface area contributed by atoms with Crippen molar-refractivity contribution in [2.24, 2.45) is 5.92 Å². The summed E-state index contributed by atoms with van der Waals surface area (Å²) in [6.07, 6.45) is 4.19. The second-order valence-corrected chi connectivity index (χ2v) is 4.35. The standard InChI is InChI=1S/C14H18O/c1-11(12-7-3-2-4-8-12)13-9-5-6-10-14(13)15/h2-4,7-8,13-15H,1,5-6,9-10H2/t13-,14-/m0/s1. The summed E-state index contributed by atoms with van der Waals surface area (Å²) in [4.78, 5) is 0. The Morgan fingerprint density at radius 3 is 2.47 bits per heavy atom. The molecule has 0 spiro atoms. The van der Waals surface area contributed by atoms with Gasteiger partial charge in [0.1, 0.15) is 0 Å². The first-order valence-corrected chi connectivity index (χ1v) is 5.71. The lowest BCUT2D eigenvalue weighted by Crippen LogP contribution is -2.25. The molecule has 0 radical (unpaired) electrons. The van der Waals surface area contributed by atoms with Crippen molar-refractivity contribution in [1.82, 2.24) is 0 Å². The van der Waals surface area contributed by atoms with Gasteiger partial charge < -0.3 is 5.11 Å². The third-order valence-corrected chi connectivity index (χ3v) is 3.32. The lowest BCUT2D eigenvalue weighted by Gasteiger charge is -2.29. The molecule has 2 rings (SSSR count). The number of hydrogen-bond donors (Lipinski definition) is 1. The van der Waals surface area contributed by atoms with E-state index in [1.807, 2.05) is 18.2 Å². The van der Waals surface area contributed by atoms with Gasteiger partial charge in [-0.3, -0.25) is 0 Å². The smallest absolute Gasteiger partial charge is 0.0608 e. The fraction of sp³-hybridized carbons (Fsp3) is 0.429. The number of benzene rings is 1. The van der Waals surface area contributed by atoms with Crippen LogP contribution in [0.2, 0.25) is 0 Å². The zero-order valence-electron chi connectivity index (χ0n) is 9.02. The quantitative estimate of drug-likeness (QED) is 0.780. The topological polar surface area (TPSA) is 20.2 Å². The van der Waals surface area contributed by atoms with Gasteiger partial charge in [0, 0.05) is 5.92 Å². The highest BCUT2D eigenvalue weighted by Gasteiger charge is 2.25. The van der Waals surface area contributed by atoms with Crippen molar-refractivity contribution < 1.29 is 5.11 Å². The predicted octanol–water partition coefficient (Wildman–Crippen LogP) is 3.25. The minimum absolute atomic E-state index is 0.188. The van der Waals surface area contributed by atoms with E-state index in [1.54, 1.807) is 0 Å². The zero-order valence-corrected chi connectivity index (χ0v) is 9.02. The summed E-state index contributed by atoms with van der Waals surface area (Å²) in [5.41, 5.74) is 2.27. The molecule has 1 nitrogen and oxygen atoms in total. The summed E-state index contributed by atoms with van der Waals surface area (Å²) in [7, 11) is 0. The van der Waals surface area contributed by atoms with E-state index in [4.69, 9.17) is 0 Å². The van der Waals surface area contributed by atoms with Crippen LogP contribution >= 0.6 is 0 Å². The number of hydrogen-bond acceptors (Lipinski definition) is 1. The lowest BCUT2D eigenvalue weighted by molar-refractivity contribution is 0.0973. The van der Waals surface area contributed by atoms with Crippen molar-refractivity contribution in [3.8, 4) is 0 Å². The van der Waals surface area contributed by atoms with Crippen molar-refractivity contribution in [2.45, 2.75) is 31.8 Å². The van der Waals surface area contributed by atoms with Crippen LogP contribution in [0.4, 0.5) is 0 Å². The Bertz CT molecular complexity index is 328. The molecule has 2 atom stereocenters. The number of aliphatic hydroxyl groups excluding tert-OH is 1. The van der Waals surface area contributed by atoms with E-state index in [1.165, 1.54) is 12.0 Å². The molecule has 80 valence electrons. The Labute approximate surface area is 91.4 Å². The monoisotopic (exact) mass is 202 g/mol. The van der Waals surface area contributed by atoms with Crippen molar-refractivity contribution in [3.63, 3.8) is 0 Å². The maximum Gasteiger partial charge on any atom is 0.0608 e. The summed E-state index contributed by atoms with van der Waals surface area (Å²) >= 11 is 0. The van der Waals surface area contributed by atoms with Gasteiger partial charge in [-0.2, -0.15) is 0 Å². The van der Waals surface area contributed by atoms with Crippen molar-refractivity contribution in [3.05, 3.63) is 42.5 Å². The Hall–Kier alpha value is -1.08. The van der Waals surface area contributed by atoms with Gasteiger partial charge in [0.2, 0.25) is 0 Å². The predicted molar refractivity (Wildman–Crippen MR) is 63.4 cm³/mol. The molecule has 1 saturated carbocycles. The van der Waals surface area contributed by atoms with Gasteiger partial charge >= 0.3 is 0 Å². The van der Waals surface area contributed by atoms with E-state index in [2.05, 4.69) is 18.7 Å². The van der Waals surface area contributed by atoms with Crippen LogP contribution in [0.1, 0.15) is 31.2 Å².